The van der Waals surface area contributed by atoms with Crippen LogP contribution in [0.25, 0.3) is 0 Å². The first-order valence-corrected chi connectivity index (χ1v) is 10.6. The molecule has 2 saturated heterocycles. The first kappa shape index (κ1) is 17.7. The topological polar surface area (TPSA) is 52.7 Å². The zero-order chi connectivity index (χ0) is 17.2. The summed E-state index contributed by atoms with van der Waals surface area (Å²) in [5.74, 6) is 1.02. The van der Waals surface area contributed by atoms with Gasteiger partial charge >= 0.3 is 0 Å². The minimum Gasteiger partial charge on any atom is -0.317 e. The second-order valence-electron chi connectivity index (χ2n) is 7.15. The summed E-state index contributed by atoms with van der Waals surface area (Å²) in [6.45, 7) is 6.14. The molecule has 1 aromatic carbocycles. The van der Waals surface area contributed by atoms with Crippen LogP contribution in [0.4, 0.5) is 5.69 Å². The van der Waals surface area contributed by atoms with Crippen LogP contribution < -0.4 is 9.62 Å². The molecule has 0 aliphatic carbocycles. The second kappa shape index (κ2) is 7.42. The van der Waals surface area contributed by atoms with Crippen LogP contribution in [0, 0.1) is 5.92 Å². The van der Waals surface area contributed by atoms with Crippen molar-refractivity contribution in [3.63, 3.8) is 0 Å². The maximum atomic E-state index is 12.1. The predicted molar refractivity (Wildman–Crippen MR) is 98.8 cm³/mol. The van der Waals surface area contributed by atoms with Gasteiger partial charge in [0.2, 0.25) is 10.0 Å². The predicted octanol–water partition coefficient (Wildman–Crippen LogP) is 2.22. The van der Waals surface area contributed by atoms with Crippen LogP contribution in [-0.2, 0) is 10.0 Å². The largest absolute Gasteiger partial charge is 0.317 e. The summed E-state index contributed by atoms with van der Waals surface area (Å²) >= 11 is 0. The fourth-order valence-electron chi connectivity index (χ4n) is 3.75. The van der Waals surface area contributed by atoms with Gasteiger partial charge in [0.05, 0.1) is 11.4 Å². The summed E-state index contributed by atoms with van der Waals surface area (Å²) in [7, 11) is -0.940. The van der Waals surface area contributed by atoms with E-state index in [2.05, 4.69) is 30.3 Å². The smallest absolute Gasteiger partial charge is 0.235 e. The van der Waals surface area contributed by atoms with Gasteiger partial charge in [-0.05, 0) is 69.9 Å². The number of nitrogens with zero attached hydrogens (tertiary/aromatic N) is 2. The minimum absolute atomic E-state index is 0.266. The molecular formula is C18H29N3O2S. The Kier molecular flexibility index (Phi) is 5.47. The molecule has 0 spiro atoms. The summed E-state index contributed by atoms with van der Waals surface area (Å²) in [4.78, 5) is 2.40. The zero-order valence-corrected chi connectivity index (χ0v) is 15.6. The summed E-state index contributed by atoms with van der Waals surface area (Å²) < 4.78 is 25.9. The van der Waals surface area contributed by atoms with Gasteiger partial charge in [-0.15, -0.1) is 0 Å². The Labute approximate surface area is 146 Å². The highest BCUT2D eigenvalue weighted by Crippen LogP contribution is 2.29. The molecule has 0 saturated carbocycles. The first-order valence-electron chi connectivity index (χ1n) is 8.99. The minimum atomic E-state index is -3.11. The maximum Gasteiger partial charge on any atom is 0.235 e. The Morgan fingerprint density at radius 2 is 2.08 bits per heavy atom. The van der Waals surface area contributed by atoms with E-state index >= 15 is 0 Å². The summed E-state index contributed by atoms with van der Waals surface area (Å²) in [5.41, 5.74) is 2.00. The average molecular weight is 352 g/mol. The molecule has 0 bridgehead atoms. The van der Waals surface area contributed by atoms with Crippen molar-refractivity contribution in [3.8, 4) is 0 Å². The average Bonchev–Trinajstić information content (AvgIpc) is 2.94. The molecule has 24 heavy (non-hydrogen) atoms. The fourth-order valence-corrected chi connectivity index (χ4v) is 5.31. The highest BCUT2D eigenvalue weighted by molar-refractivity contribution is 7.93. The molecule has 1 unspecified atom stereocenters. The van der Waals surface area contributed by atoms with E-state index in [1.165, 1.54) is 18.4 Å². The molecule has 2 fully saturated rings. The Morgan fingerprint density at radius 1 is 1.33 bits per heavy atom. The zero-order valence-electron chi connectivity index (χ0n) is 14.7. The van der Waals surface area contributed by atoms with Crippen LogP contribution in [0.5, 0.6) is 0 Å². The number of hydrogen-bond acceptors (Lipinski definition) is 4. The number of benzene rings is 1. The highest BCUT2D eigenvalue weighted by Gasteiger charge is 2.29. The van der Waals surface area contributed by atoms with E-state index in [4.69, 9.17) is 0 Å². The molecular weight excluding hydrogens is 322 g/mol. The molecule has 0 radical (unpaired) electrons. The van der Waals surface area contributed by atoms with Crippen molar-refractivity contribution in [2.75, 3.05) is 43.3 Å². The SMILES string of the molecule is CC(c1cccc(N2CCCS2(=O)=O)c1)N(C)CC1CCNCC1. The number of nitrogens with one attached hydrogen (secondary N) is 1. The standard InChI is InChI=1S/C18H29N3O2S/c1-15(20(2)14-16-7-9-19-10-8-16)17-5-3-6-18(13-17)21-11-4-12-24(21,22)23/h3,5-6,13,15-16,19H,4,7-12,14H2,1-2H3. The second-order valence-corrected chi connectivity index (χ2v) is 9.16. The van der Waals surface area contributed by atoms with E-state index in [0.717, 1.165) is 37.7 Å². The quantitative estimate of drug-likeness (QED) is 0.884. The summed E-state index contributed by atoms with van der Waals surface area (Å²) in [5, 5.41) is 3.41. The molecule has 5 nitrogen and oxygen atoms in total. The molecule has 0 amide bonds. The maximum absolute atomic E-state index is 12.1. The third-order valence-corrected chi connectivity index (χ3v) is 7.28. The Hall–Kier alpha value is -1.11. The van der Waals surface area contributed by atoms with Crippen LogP contribution in [0.15, 0.2) is 24.3 Å². The van der Waals surface area contributed by atoms with Crippen molar-refractivity contribution in [1.29, 1.82) is 0 Å². The number of anilines is 1. The molecule has 3 rings (SSSR count). The van der Waals surface area contributed by atoms with Gasteiger partial charge in [0, 0.05) is 19.1 Å². The first-order chi connectivity index (χ1) is 11.5. The van der Waals surface area contributed by atoms with Crippen LogP contribution >= 0.6 is 0 Å². The lowest BCUT2D eigenvalue weighted by atomic mass is 9.96. The summed E-state index contributed by atoms with van der Waals surface area (Å²) in [6, 6.07) is 8.33. The lowest BCUT2D eigenvalue weighted by molar-refractivity contribution is 0.197. The van der Waals surface area contributed by atoms with E-state index in [9.17, 15) is 8.42 Å². The van der Waals surface area contributed by atoms with Crippen molar-refractivity contribution in [2.24, 2.45) is 5.92 Å². The van der Waals surface area contributed by atoms with Crippen LogP contribution in [-0.4, -0.2) is 52.3 Å². The highest BCUT2D eigenvalue weighted by atomic mass is 32.2. The van der Waals surface area contributed by atoms with Gasteiger partial charge in [-0.2, -0.15) is 0 Å². The van der Waals surface area contributed by atoms with Gasteiger partial charge in [0.25, 0.3) is 0 Å². The Balaban J connectivity index is 1.70. The normalized spacial score (nSPS) is 22.9. The van der Waals surface area contributed by atoms with Crippen molar-refractivity contribution in [2.45, 2.75) is 32.2 Å². The van der Waals surface area contributed by atoms with Crippen LogP contribution in [0.3, 0.4) is 0 Å². The number of sulfonamides is 1. The van der Waals surface area contributed by atoms with Gasteiger partial charge in [0.1, 0.15) is 0 Å². The lowest BCUT2D eigenvalue weighted by Gasteiger charge is -2.32. The van der Waals surface area contributed by atoms with Gasteiger partial charge in [-0.1, -0.05) is 12.1 Å². The van der Waals surface area contributed by atoms with E-state index in [1.54, 1.807) is 4.31 Å². The van der Waals surface area contributed by atoms with E-state index in [1.807, 2.05) is 18.2 Å². The van der Waals surface area contributed by atoms with Crippen molar-refractivity contribution in [3.05, 3.63) is 29.8 Å². The van der Waals surface area contributed by atoms with Crippen LogP contribution in [0.1, 0.15) is 37.8 Å². The van der Waals surface area contributed by atoms with Gasteiger partial charge in [-0.25, -0.2) is 8.42 Å². The third kappa shape index (κ3) is 3.92. The van der Waals surface area contributed by atoms with E-state index in [-0.39, 0.29) is 11.8 Å². The van der Waals surface area contributed by atoms with Gasteiger partial charge in [-0.3, -0.25) is 9.21 Å². The lowest BCUT2D eigenvalue weighted by Crippen LogP contribution is -2.35. The molecule has 2 heterocycles. The number of piperidine rings is 1. The summed E-state index contributed by atoms with van der Waals surface area (Å²) in [6.07, 6.45) is 3.20. The van der Waals surface area contributed by atoms with E-state index < -0.39 is 10.0 Å². The molecule has 134 valence electrons. The number of hydrogen-bond donors (Lipinski definition) is 1. The van der Waals surface area contributed by atoms with Crippen molar-refractivity contribution in [1.82, 2.24) is 10.2 Å². The molecule has 2 aliphatic rings. The molecule has 1 aromatic rings. The van der Waals surface area contributed by atoms with Gasteiger partial charge < -0.3 is 5.32 Å². The van der Waals surface area contributed by atoms with E-state index in [0.29, 0.717) is 6.54 Å². The monoisotopic (exact) mass is 351 g/mol. The third-order valence-electron chi connectivity index (χ3n) is 5.41. The molecule has 6 heteroatoms. The molecule has 1 atom stereocenters. The Bertz CT molecular complexity index is 656. The molecule has 1 N–H and O–H groups in total. The molecule has 0 aromatic heterocycles. The van der Waals surface area contributed by atoms with Crippen molar-refractivity contribution >= 4 is 15.7 Å². The number of rotatable bonds is 5. The molecule has 2 aliphatic heterocycles. The Morgan fingerprint density at radius 3 is 2.75 bits per heavy atom. The van der Waals surface area contributed by atoms with Crippen LogP contribution in [0.2, 0.25) is 0 Å². The fraction of sp³-hybridized carbons (Fsp3) is 0.667. The van der Waals surface area contributed by atoms with Gasteiger partial charge in [0.15, 0.2) is 0 Å². The van der Waals surface area contributed by atoms with Crippen molar-refractivity contribution < 1.29 is 8.42 Å².